The van der Waals surface area contributed by atoms with E-state index in [-0.39, 0.29) is 25.4 Å². The molecule has 4 rings (SSSR count). The van der Waals surface area contributed by atoms with Crippen molar-refractivity contribution in [1.82, 2.24) is 15.0 Å². The molecule has 1 aliphatic rings. The summed E-state index contributed by atoms with van der Waals surface area (Å²) in [6.45, 7) is 1.66. The third kappa shape index (κ3) is 5.13. The number of hydrogen-bond acceptors (Lipinski definition) is 8. The highest BCUT2D eigenvalue weighted by atomic mass is 32.1. The summed E-state index contributed by atoms with van der Waals surface area (Å²) >= 11 is 1.23. The number of halogens is 3. The van der Waals surface area contributed by atoms with Crippen LogP contribution in [-0.4, -0.2) is 43.8 Å². The molecule has 2 unspecified atom stereocenters. The molecule has 3 heterocycles. The normalized spacial score (nSPS) is 21.1. The Morgan fingerprint density at radius 2 is 2.09 bits per heavy atom. The Morgan fingerprint density at radius 1 is 1.30 bits per heavy atom. The Kier molecular flexibility index (Phi) is 6.08. The molecular formula is C21H19F3N4O4S. The number of ether oxygens (including phenoxy) is 1. The van der Waals surface area contributed by atoms with Crippen molar-refractivity contribution in [2.75, 3.05) is 11.9 Å². The molecule has 2 aromatic heterocycles. The molecule has 0 saturated carbocycles. The lowest BCUT2D eigenvalue weighted by Crippen LogP contribution is -2.42. The summed E-state index contributed by atoms with van der Waals surface area (Å²) in [6.07, 6.45) is -2.55. The number of alkyl halides is 3. The average molecular weight is 480 g/mol. The molecule has 33 heavy (non-hydrogen) atoms. The van der Waals surface area contributed by atoms with Gasteiger partial charge in [-0.2, -0.15) is 13.2 Å². The van der Waals surface area contributed by atoms with E-state index in [0.717, 1.165) is 28.3 Å². The quantitative estimate of drug-likeness (QED) is 0.499. The average Bonchev–Trinajstić information content (AvgIpc) is 3.25. The molecule has 2 atom stereocenters. The second-order valence-electron chi connectivity index (χ2n) is 7.71. The number of carbonyl (C=O) groups is 1. The van der Waals surface area contributed by atoms with Gasteiger partial charge in [0.05, 0.1) is 11.5 Å². The first-order valence-corrected chi connectivity index (χ1v) is 10.7. The Labute approximate surface area is 190 Å². The van der Waals surface area contributed by atoms with Crippen molar-refractivity contribution < 1.29 is 32.9 Å². The van der Waals surface area contributed by atoms with Gasteiger partial charge in [-0.25, -0.2) is 19.7 Å². The highest BCUT2D eigenvalue weighted by Gasteiger charge is 2.40. The van der Waals surface area contributed by atoms with Gasteiger partial charge in [0.2, 0.25) is 5.95 Å². The number of benzene rings is 1. The van der Waals surface area contributed by atoms with Gasteiger partial charge in [-0.1, -0.05) is 6.07 Å². The van der Waals surface area contributed by atoms with Crippen LogP contribution < -0.4 is 5.32 Å². The smallest absolute Gasteiger partial charge is 0.433 e. The molecule has 1 saturated heterocycles. The van der Waals surface area contributed by atoms with Crippen LogP contribution in [0.15, 0.2) is 36.7 Å². The summed E-state index contributed by atoms with van der Waals surface area (Å²) < 4.78 is 44.0. The van der Waals surface area contributed by atoms with Crippen LogP contribution in [0.2, 0.25) is 0 Å². The van der Waals surface area contributed by atoms with Crippen LogP contribution in [0.1, 0.15) is 29.1 Å². The number of anilines is 2. The summed E-state index contributed by atoms with van der Waals surface area (Å²) in [5.74, 6) is -1.26. The zero-order chi connectivity index (χ0) is 23.8. The first kappa shape index (κ1) is 23.1. The van der Waals surface area contributed by atoms with Crippen LogP contribution in [0, 0.1) is 6.92 Å². The SMILES string of the molecule is Cc1cc(Nc2nccc(C(F)(F)F)n2)cc(-c2cnc(C3(O)CCC(C(=O)O)OC3)s2)c1. The second-order valence-corrected chi connectivity index (χ2v) is 8.74. The van der Waals surface area contributed by atoms with Gasteiger partial charge in [0, 0.05) is 18.1 Å². The fourth-order valence-corrected chi connectivity index (χ4v) is 4.46. The molecule has 0 aliphatic carbocycles. The Hall–Kier alpha value is -3.09. The van der Waals surface area contributed by atoms with Gasteiger partial charge < -0.3 is 20.3 Å². The molecule has 0 bridgehead atoms. The van der Waals surface area contributed by atoms with E-state index >= 15 is 0 Å². The number of thiazole rings is 1. The van der Waals surface area contributed by atoms with E-state index in [0.29, 0.717) is 10.7 Å². The van der Waals surface area contributed by atoms with Gasteiger partial charge in [-0.05, 0) is 49.1 Å². The summed E-state index contributed by atoms with van der Waals surface area (Å²) in [4.78, 5) is 23.5. The van der Waals surface area contributed by atoms with E-state index in [4.69, 9.17) is 9.84 Å². The molecule has 1 aliphatic heterocycles. The number of rotatable bonds is 5. The molecule has 0 spiro atoms. The number of aliphatic carboxylic acids is 1. The van der Waals surface area contributed by atoms with Gasteiger partial charge in [0.15, 0.2) is 6.10 Å². The van der Waals surface area contributed by atoms with Crippen molar-refractivity contribution in [3.05, 3.63) is 52.9 Å². The summed E-state index contributed by atoms with van der Waals surface area (Å²) in [5.41, 5.74) is -0.375. The molecule has 0 amide bonds. The van der Waals surface area contributed by atoms with E-state index in [2.05, 4.69) is 20.3 Å². The fourth-order valence-electron chi connectivity index (χ4n) is 3.45. The lowest BCUT2D eigenvalue weighted by atomic mass is 9.94. The van der Waals surface area contributed by atoms with E-state index in [1.807, 2.05) is 13.0 Å². The molecule has 174 valence electrons. The molecule has 3 aromatic rings. The van der Waals surface area contributed by atoms with Gasteiger partial charge in [-0.15, -0.1) is 11.3 Å². The monoisotopic (exact) mass is 480 g/mol. The summed E-state index contributed by atoms with van der Waals surface area (Å²) in [7, 11) is 0. The summed E-state index contributed by atoms with van der Waals surface area (Å²) in [5, 5.41) is 23.2. The second kappa shape index (κ2) is 8.69. The zero-order valence-electron chi connectivity index (χ0n) is 17.3. The molecular weight excluding hydrogens is 461 g/mol. The van der Waals surface area contributed by atoms with Crippen molar-refractivity contribution >= 4 is 28.9 Å². The van der Waals surface area contributed by atoms with E-state index in [9.17, 15) is 23.1 Å². The van der Waals surface area contributed by atoms with E-state index in [1.165, 1.54) is 11.3 Å². The van der Waals surface area contributed by atoms with Crippen molar-refractivity contribution in [1.29, 1.82) is 0 Å². The number of hydrogen-bond donors (Lipinski definition) is 3. The van der Waals surface area contributed by atoms with Crippen molar-refractivity contribution in [3.8, 4) is 10.4 Å². The zero-order valence-corrected chi connectivity index (χ0v) is 18.1. The highest BCUT2D eigenvalue weighted by Crippen LogP contribution is 2.38. The van der Waals surface area contributed by atoms with Crippen molar-refractivity contribution in [3.63, 3.8) is 0 Å². The number of aliphatic hydroxyl groups is 1. The van der Waals surface area contributed by atoms with Crippen LogP contribution in [0.3, 0.4) is 0 Å². The minimum absolute atomic E-state index is 0.163. The number of carboxylic acid groups (broad SMARTS) is 1. The molecule has 1 fully saturated rings. The van der Waals surface area contributed by atoms with Crippen LogP contribution in [0.4, 0.5) is 24.8 Å². The van der Waals surface area contributed by atoms with Crippen molar-refractivity contribution in [2.24, 2.45) is 0 Å². The maximum Gasteiger partial charge on any atom is 0.433 e. The molecule has 8 nitrogen and oxygen atoms in total. The maximum atomic E-state index is 12.9. The fraction of sp³-hybridized carbons (Fsp3) is 0.333. The van der Waals surface area contributed by atoms with Crippen molar-refractivity contribution in [2.45, 2.75) is 37.6 Å². The number of aromatic nitrogens is 3. The molecule has 12 heteroatoms. The summed E-state index contributed by atoms with van der Waals surface area (Å²) in [6, 6.07) is 6.13. The number of nitrogens with one attached hydrogen (secondary N) is 1. The minimum Gasteiger partial charge on any atom is -0.479 e. The van der Waals surface area contributed by atoms with E-state index in [1.54, 1.807) is 18.3 Å². The van der Waals surface area contributed by atoms with Gasteiger partial charge in [-0.3, -0.25) is 0 Å². The standard InChI is InChI=1S/C21H19F3N4O4S/c1-11-6-12(8-13(7-11)27-19-25-5-3-16(28-19)21(22,23)24)15-9-26-18(33-15)20(31)4-2-14(17(29)30)32-10-20/h3,5-9,14,31H,2,4,10H2,1H3,(H,29,30)(H,25,27,28). The first-order valence-electron chi connectivity index (χ1n) is 9.86. The predicted octanol–water partition coefficient (Wildman–Crippen LogP) is 4.12. The third-order valence-electron chi connectivity index (χ3n) is 5.09. The van der Waals surface area contributed by atoms with E-state index < -0.39 is 29.5 Å². The largest absolute Gasteiger partial charge is 0.479 e. The maximum absolute atomic E-state index is 12.9. The lowest BCUT2D eigenvalue weighted by Gasteiger charge is -2.32. The Balaban J connectivity index is 1.56. The Bertz CT molecular complexity index is 1180. The molecule has 1 aromatic carbocycles. The predicted molar refractivity (Wildman–Crippen MR) is 113 cm³/mol. The first-order chi connectivity index (χ1) is 15.5. The molecule has 3 N–H and O–H groups in total. The van der Waals surface area contributed by atoms with Gasteiger partial charge in [0.1, 0.15) is 16.3 Å². The van der Waals surface area contributed by atoms with Gasteiger partial charge in [0.25, 0.3) is 0 Å². The van der Waals surface area contributed by atoms with Crippen LogP contribution >= 0.6 is 11.3 Å². The number of aryl methyl sites for hydroxylation is 1. The lowest BCUT2D eigenvalue weighted by molar-refractivity contribution is -0.169. The highest BCUT2D eigenvalue weighted by molar-refractivity contribution is 7.15. The molecule has 0 radical (unpaired) electrons. The third-order valence-corrected chi connectivity index (χ3v) is 6.33. The number of carboxylic acids is 1. The minimum atomic E-state index is -4.58. The van der Waals surface area contributed by atoms with Crippen LogP contribution in [-0.2, 0) is 21.3 Å². The number of nitrogens with zero attached hydrogens (tertiary/aromatic N) is 3. The Morgan fingerprint density at radius 3 is 2.76 bits per heavy atom. The topological polar surface area (TPSA) is 117 Å². The van der Waals surface area contributed by atoms with Gasteiger partial charge >= 0.3 is 12.1 Å². The van der Waals surface area contributed by atoms with Crippen LogP contribution in [0.25, 0.3) is 10.4 Å². The van der Waals surface area contributed by atoms with Crippen LogP contribution in [0.5, 0.6) is 0 Å².